The third-order valence-corrected chi connectivity index (χ3v) is 6.01. The molecule has 2 atom stereocenters. The summed E-state index contributed by atoms with van der Waals surface area (Å²) >= 11 is 3.46. The Hall–Kier alpha value is -2.51. The normalized spacial score (nSPS) is 21.2. The summed E-state index contributed by atoms with van der Waals surface area (Å²) in [5.74, 6) is -0.842. The minimum atomic E-state index is -0.608. The van der Waals surface area contributed by atoms with Crippen LogP contribution < -0.4 is 5.43 Å². The molecule has 0 bridgehead atoms. The number of benzene rings is 2. The highest BCUT2D eigenvalue weighted by Crippen LogP contribution is 2.39. The molecule has 0 spiro atoms. The van der Waals surface area contributed by atoms with Crippen LogP contribution >= 0.6 is 15.9 Å². The van der Waals surface area contributed by atoms with Crippen LogP contribution in [0.15, 0.2) is 56.1 Å². The molecular weight excluding hydrogens is 441 g/mol. The van der Waals surface area contributed by atoms with Crippen molar-refractivity contribution in [1.29, 1.82) is 0 Å². The van der Waals surface area contributed by atoms with Crippen molar-refractivity contribution in [2.24, 2.45) is 0 Å². The van der Waals surface area contributed by atoms with Crippen molar-refractivity contribution in [3.05, 3.63) is 79.9 Å². The van der Waals surface area contributed by atoms with E-state index in [1.54, 1.807) is 4.90 Å². The van der Waals surface area contributed by atoms with Gasteiger partial charge in [0.1, 0.15) is 11.4 Å². The summed E-state index contributed by atoms with van der Waals surface area (Å²) in [5.41, 5.74) is 0.862. The van der Waals surface area contributed by atoms with E-state index in [0.29, 0.717) is 13.2 Å². The van der Waals surface area contributed by atoms with E-state index >= 15 is 0 Å². The molecule has 29 heavy (non-hydrogen) atoms. The molecule has 1 fully saturated rings. The second kappa shape index (κ2) is 7.07. The van der Waals surface area contributed by atoms with Crippen molar-refractivity contribution in [2.45, 2.75) is 25.0 Å². The maximum absolute atomic E-state index is 13.8. The quantitative estimate of drug-likeness (QED) is 0.583. The zero-order valence-corrected chi connectivity index (χ0v) is 16.9. The Morgan fingerprint density at radius 1 is 1.17 bits per heavy atom. The molecule has 3 heterocycles. The Bertz CT molecular complexity index is 1190. The monoisotopic (exact) mass is 457 g/mol. The van der Waals surface area contributed by atoms with Crippen molar-refractivity contribution < 1.29 is 18.3 Å². The van der Waals surface area contributed by atoms with Crippen LogP contribution in [-0.4, -0.2) is 30.1 Å². The van der Waals surface area contributed by atoms with Gasteiger partial charge in [0.25, 0.3) is 5.91 Å². The van der Waals surface area contributed by atoms with E-state index in [-0.39, 0.29) is 39.7 Å². The van der Waals surface area contributed by atoms with Gasteiger partial charge in [-0.05, 0) is 48.7 Å². The van der Waals surface area contributed by atoms with Crippen LogP contribution in [0, 0.1) is 5.82 Å². The molecule has 2 aromatic carbocycles. The van der Waals surface area contributed by atoms with Crippen LogP contribution in [0.1, 0.15) is 40.6 Å². The molecule has 0 aliphatic carbocycles. The van der Waals surface area contributed by atoms with Crippen LogP contribution in [0.3, 0.4) is 0 Å². The summed E-state index contributed by atoms with van der Waals surface area (Å²) in [5, 5.41) is 0.135. The average molecular weight is 458 g/mol. The predicted molar refractivity (Wildman–Crippen MR) is 108 cm³/mol. The van der Waals surface area contributed by atoms with Gasteiger partial charge in [0.2, 0.25) is 5.76 Å². The van der Waals surface area contributed by atoms with Gasteiger partial charge >= 0.3 is 0 Å². The van der Waals surface area contributed by atoms with Crippen molar-refractivity contribution in [1.82, 2.24) is 4.90 Å². The number of halogens is 2. The maximum atomic E-state index is 13.8. The minimum Gasteiger partial charge on any atom is -0.450 e. The fraction of sp³-hybridized carbons (Fsp3) is 0.273. The van der Waals surface area contributed by atoms with Gasteiger partial charge in [0, 0.05) is 17.6 Å². The van der Waals surface area contributed by atoms with E-state index < -0.39 is 11.9 Å². The van der Waals surface area contributed by atoms with E-state index in [1.807, 2.05) is 24.3 Å². The molecule has 5 rings (SSSR count). The highest BCUT2D eigenvalue weighted by molar-refractivity contribution is 9.10. The molecule has 0 saturated carbocycles. The first-order valence-corrected chi connectivity index (χ1v) is 10.3. The summed E-state index contributed by atoms with van der Waals surface area (Å²) in [4.78, 5) is 28.2. The second-order valence-corrected chi connectivity index (χ2v) is 8.28. The highest BCUT2D eigenvalue weighted by Gasteiger charge is 2.43. The highest BCUT2D eigenvalue weighted by atomic mass is 79.9. The van der Waals surface area contributed by atoms with Gasteiger partial charge in [-0.1, -0.05) is 28.1 Å². The predicted octanol–water partition coefficient (Wildman–Crippen LogP) is 4.42. The zero-order chi connectivity index (χ0) is 20.1. The average Bonchev–Trinajstić information content (AvgIpc) is 3.31. The molecule has 0 N–H and O–H groups in total. The molecule has 2 aliphatic heterocycles. The van der Waals surface area contributed by atoms with Crippen LogP contribution in [0.4, 0.5) is 4.39 Å². The molecule has 0 unspecified atom stereocenters. The lowest BCUT2D eigenvalue weighted by Gasteiger charge is -2.27. The number of amides is 1. The van der Waals surface area contributed by atoms with Gasteiger partial charge in [-0.15, -0.1) is 0 Å². The summed E-state index contributed by atoms with van der Waals surface area (Å²) in [6.07, 6.45) is 1.73. The number of nitrogens with zero attached hydrogens (tertiary/aromatic N) is 1. The Balaban J connectivity index is 1.72. The van der Waals surface area contributed by atoms with Crippen LogP contribution in [0.2, 0.25) is 0 Å². The third kappa shape index (κ3) is 3.09. The molecule has 1 saturated heterocycles. The molecule has 0 radical (unpaired) electrons. The first kappa shape index (κ1) is 18.5. The maximum Gasteiger partial charge on any atom is 0.291 e. The summed E-state index contributed by atoms with van der Waals surface area (Å²) in [6.45, 7) is 1.03. The summed E-state index contributed by atoms with van der Waals surface area (Å²) in [6, 6.07) is 10.6. The molecule has 5 nitrogen and oxygen atoms in total. The number of hydrogen-bond donors (Lipinski definition) is 0. The number of ether oxygens (including phenoxy) is 1. The fourth-order valence-corrected chi connectivity index (χ4v) is 4.63. The lowest BCUT2D eigenvalue weighted by Crippen LogP contribution is -2.36. The lowest BCUT2D eigenvalue weighted by molar-refractivity contribution is 0.0486. The van der Waals surface area contributed by atoms with E-state index in [4.69, 9.17) is 9.15 Å². The number of fused-ring (bicyclic) bond motifs is 2. The van der Waals surface area contributed by atoms with E-state index in [9.17, 15) is 14.0 Å². The Kier molecular flexibility index (Phi) is 4.52. The Labute approximate surface area is 174 Å². The van der Waals surface area contributed by atoms with Gasteiger partial charge in [-0.25, -0.2) is 4.39 Å². The van der Waals surface area contributed by atoms with Crippen molar-refractivity contribution in [2.75, 3.05) is 13.2 Å². The van der Waals surface area contributed by atoms with Crippen molar-refractivity contribution >= 4 is 32.8 Å². The van der Waals surface area contributed by atoms with Gasteiger partial charge in [-0.3, -0.25) is 9.59 Å². The number of carbonyl (C=O) groups is 1. The Morgan fingerprint density at radius 2 is 2.03 bits per heavy atom. The molecule has 148 valence electrons. The molecular formula is C22H17BrFNO4. The Morgan fingerprint density at radius 3 is 2.79 bits per heavy atom. The topological polar surface area (TPSA) is 59.8 Å². The smallest absolute Gasteiger partial charge is 0.291 e. The van der Waals surface area contributed by atoms with E-state index in [1.165, 1.54) is 12.1 Å². The molecule has 7 heteroatoms. The van der Waals surface area contributed by atoms with Gasteiger partial charge in [0.05, 0.1) is 23.1 Å². The third-order valence-electron chi connectivity index (χ3n) is 5.52. The number of hydrogen-bond acceptors (Lipinski definition) is 4. The van der Waals surface area contributed by atoms with E-state index in [2.05, 4.69) is 15.9 Å². The summed E-state index contributed by atoms with van der Waals surface area (Å²) < 4.78 is 26.2. The van der Waals surface area contributed by atoms with Crippen LogP contribution in [0.25, 0.3) is 11.0 Å². The van der Waals surface area contributed by atoms with Gasteiger partial charge in [0.15, 0.2) is 5.43 Å². The lowest BCUT2D eigenvalue weighted by atomic mass is 9.98. The SMILES string of the molecule is O=C1c2oc3ccc(F)cc3c(=O)c2[C@@H](c2cccc(Br)c2)N1C[C@H]1CCCO1. The van der Waals surface area contributed by atoms with Crippen LogP contribution in [-0.2, 0) is 4.74 Å². The van der Waals surface area contributed by atoms with Crippen molar-refractivity contribution in [3.8, 4) is 0 Å². The summed E-state index contributed by atoms with van der Waals surface area (Å²) in [7, 11) is 0. The minimum absolute atomic E-state index is 0.0251. The fourth-order valence-electron chi connectivity index (χ4n) is 4.21. The van der Waals surface area contributed by atoms with E-state index in [0.717, 1.165) is 28.9 Å². The number of carbonyl (C=O) groups excluding carboxylic acids is 1. The van der Waals surface area contributed by atoms with Gasteiger partial charge < -0.3 is 14.1 Å². The first-order valence-electron chi connectivity index (χ1n) is 9.47. The molecule has 3 aromatic rings. The van der Waals surface area contributed by atoms with Gasteiger partial charge in [-0.2, -0.15) is 0 Å². The zero-order valence-electron chi connectivity index (χ0n) is 15.4. The number of rotatable bonds is 3. The second-order valence-electron chi connectivity index (χ2n) is 7.36. The van der Waals surface area contributed by atoms with Crippen LogP contribution in [0.5, 0.6) is 0 Å². The molecule has 2 aliphatic rings. The van der Waals surface area contributed by atoms with Crippen molar-refractivity contribution in [3.63, 3.8) is 0 Å². The largest absolute Gasteiger partial charge is 0.450 e. The molecule has 1 aromatic heterocycles. The standard InChI is InChI=1S/C22H17BrFNO4/c23-13-4-1-3-12(9-13)19-18-20(26)16-10-14(24)6-7-17(16)29-21(18)22(27)25(19)11-15-5-2-8-28-15/h1,3-4,6-7,9-10,15,19H,2,5,8,11H2/t15-,19-/m1/s1. The molecule has 1 amide bonds. The first-order chi connectivity index (χ1) is 14.0.